The van der Waals surface area contributed by atoms with Gasteiger partial charge in [0.1, 0.15) is 0 Å². The van der Waals surface area contributed by atoms with Gasteiger partial charge >= 0.3 is 5.97 Å². The lowest BCUT2D eigenvalue weighted by atomic mass is 9.71. The van der Waals surface area contributed by atoms with Crippen molar-refractivity contribution in [1.29, 1.82) is 0 Å². The zero-order chi connectivity index (χ0) is 13.2. The summed E-state index contributed by atoms with van der Waals surface area (Å²) in [7, 11) is 0. The smallest absolute Gasteiger partial charge is 0.310 e. The van der Waals surface area contributed by atoms with Gasteiger partial charge in [0.05, 0.1) is 5.41 Å². The molecule has 18 heavy (non-hydrogen) atoms. The average Bonchev–Trinajstić information content (AvgIpc) is 2.27. The third-order valence-electron chi connectivity index (χ3n) is 4.66. The largest absolute Gasteiger partial charge is 0.481 e. The Bertz CT molecular complexity index is 341. The molecule has 4 nitrogen and oxygen atoms in total. The first-order chi connectivity index (χ1) is 8.46. The normalized spacial score (nSPS) is 24.9. The number of amides is 1. The van der Waals surface area contributed by atoms with Gasteiger partial charge in [-0.05, 0) is 39.0 Å². The van der Waals surface area contributed by atoms with Crippen molar-refractivity contribution in [2.24, 2.45) is 5.41 Å². The van der Waals surface area contributed by atoms with Crippen molar-refractivity contribution in [3.05, 3.63) is 0 Å². The predicted octanol–water partition coefficient (Wildman–Crippen LogP) is 2.47. The Hall–Kier alpha value is -1.06. The van der Waals surface area contributed by atoms with E-state index in [0.717, 1.165) is 38.5 Å². The van der Waals surface area contributed by atoms with E-state index in [9.17, 15) is 14.7 Å². The van der Waals surface area contributed by atoms with E-state index in [-0.39, 0.29) is 17.9 Å². The topological polar surface area (TPSA) is 66.4 Å². The summed E-state index contributed by atoms with van der Waals surface area (Å²) >= 11 is 0. The van der Waals surface area contributed by atoms with Gasteiger partial charge in [-0.3, -0.25) is 9.59 Å². The van der Waals surface area contributed by atoms with Gasteiger partial charge in [-0.25, -0.2) is 0 Å². The highest BCUT2D eigenvalue weighted by Gasteiger charge is 2.43. The third kappa shape index (κ3) is 2.68. The molecule has 2 saturated carbocycles. The summed E-state index contributed by atoms with van der Waals surface area (Å²) in [6.45, 7) is 2.04. The third-order valence-corrected chi connectivity index (χ3v) is 4.66. The van der Waals surface area contributed by atoms with E-state index in [1.54, 1.807) is 0 Å². The number of nitrogens with one attached hydrogen (secondary N) is 1. The van der Waals surface area contributed by atoms with Crippen LogP contribution in [0, 0.1) is 5.41 Å². The Morgan fingerprint density at radius 1 is 1.06 bits per heavy atom. The predicted molar refractivity (Wildman–Crippen MR) is 68.2 cm³/mol. The van der Waals surface area contributed by atoms with Gasteiger partial charge in [-0.15, -0.1) is 0 Å². The fourth-order valence-electron chi connectivity index (χ4n) is 3.22. The molecule has 2 aliphatic rings. The van der Waals surface area contributed by atoms with Crippen LogP contribution in [-0.4, -0.2) is 22.5 Å². The molecule has 0 atom stereocenters. The highest BCUT2D eigenvalue weighted by atomic mass is 16.4. The molecule has 0 aromatic carbocycles. The minimum absolute atomic E-state index is 0.0779. The first kappa shape index (κ1) is 13.4. The molecule has 2 aliphatic carbocycles. The van der Waals surface area contributed by atoms with Gasteiger partial charge in [-0.1, -0.05) is 19.3 Å². The van der Waals surface area contributed by atoms with Crippen LogP contribution in [0.2, 0.25) is 0 Å². The van der Waals surface area contributed by atoms with Crippen molar-refractivity contribution in [1.82, 2.24) is 5.32 Å². The summed E-state index contributed by atoms with van der Waals surface area (Å²) in [6, 6.07) is 0. The second kappa shape index (κ2) is 4.90. The molecular weight excluding hydrogens is 230 g/mol. The lowest BCUT2D eigenvalue weighted by Gasteiger charge is -2.40. The van der Waals surface area contributed by atoms with Gasteiger partial charge in [0.2, 0.25) is 5.91 Å². The van der Waals surface area contributed by atoms with E-state index in [1.807, 2.05) is 6.92 Å². The van der Waals surface area contributed by atoms with Crippen LogP contribution < -0.4 is 5.32 Å². The van der Waals surface area contributed by atoms with Crippen LogP contribution in [0.25, 0.3) is 0 Å². The Morgan fingerprint density at radius 3 is 2.11 bits per heavy atom. The van der Waals surface area contributed by atoms with E-state index in [0.29, 0.717) is 12.8 Å². The quantitative estimate of drug-likeness (QED) is 0.808. The molecule has 0 saturated heterocycles. The van der Waals surface area contributed by atoms with Crippen LogP contribution in [0.4, 0.5) is 0 Å². The SMILES string of the molecule is CC1(NC(=O)CC2(C(=O)O)CCCCC2)CCC1. The lowest BCUT2D eigenvalue weighted by Crippen LogP contribution is -2.52. The number of aliphatic carboxylic acids is 1. The fraction of sp³-hybridized carbons (Fsp3) is 0.857. The van der Waals surface area contributed by atoms with Gasteiger partial charge in [0, 0.05) is 12.0 Å². The number of carboxylic acids is 1. The molecule has 4 heteroatoms. The lowest BCUT2D eigenvalue weighted by molar-refractivity contribution is -0.154. The number of carbonyl (C=O) groups excluding carboxylic acids is 1. The maximum Gasteiger partial charge on any atom is 0.310 e. The molecule has 2 N–H and O–H groups in total. The van der Waals surface area contributed by atoms with Crippen molar-refractivity contribution in [2.75, 3.05) is 0 Å². The first-order valence-corrected chi connectivity index (χ1v) is 7.00. The summed E-state index contributed by atoms with van der Waals surface area (Å²) in [4.78, 5) is 23.5. The van der Waals surface area contributed by atoms with E-state index in [1.165, 1.54) is 0 Å². The van der Waals surface area contributed by atoms with Crippen LogP contribution in [0.5, 0.6) is 0 Å². The maximum absolute atomic E-state index is 12.1. The van der Waals surface area contributed by atoms with Crippen molar-refractivity contribution < 1.29 is 14.7 Å². The average molecular weight is 253 g/mol. The van der Waals surface area contributed by atoms with Crippen LogP contribution in [0.15, 0.2) is 0 Å². The number of hydrogen-bond acceptors (Lipinski definition) is 2. The maximum atomic E-state index is 12.1. The van der Waals surface area contributed by atoms with Gasteiger partial charge in [0.25, 0.3) is 0 Å². The molecule has 0 radical (unpaired) electrons. The Balaban J connectivity index is 1.96. The van der Waals surface area contributed by atoms with Crippen LogP contribution in [0.3, 0.4) is 0 Å². The fourth-order valence-corrected chi connectivity index (χ4v) is 3.22. The number of carboxylic acid groups (broad SMARTS) is 1. The van der Waals surface area contributed by atoms with Crippen LogP contribution >= 0.6 is 0 Å². The van der Waals surface area contributed by atoms with Gasteiger partial charge < -0.3 is 10.4 Å². The van der Waals surface area contributed by atoms with E-state index in [4.69, 9.17) is 0 Å². The summed E-state index contributed by atoms with van der Waals surface area (Å²) in [5.41, 5.74) is -0.881. The van der Waals surface area contributed by atoms with Crippen LogP contribution in [0.1, 0.15) is 64.7 Å². The zero-order valence-corrected chi connectivity index (χ0v) is 11.1. The Kier molecular flexibility index (Phi) is 3.64. The molecular formula is C14H23NO3. The molecule has 2 rings (SSSR count). The Morgan fingerprint density at radius 2 is 1.67 bits per heavy atom. The van der Waals surface area contributed by atoms with Gasteiger partial charge in [0.15, 0.2) is 0 Å². The molecule has 0 bridgehead atoms. The standard InChI is InChI=1S/C14H23NO3/c1-13(6-5-7-13)15-11(16)10-14(12(17)18)8-3-2-4-9-14/h2-10H2,1H3,(H,15,16)(H,17,18). The highest BCUT2D eigenvalue weighted by Crippen LogP contribution is 2.40. The molecule has 0 unspecified atom stereocenters. The van der Waals surface area contributed by atoms with Crippen molar-refractivity contribution in [3.63, 3.8) is 0 Å². The molecule has 0 heterocycles. The summed E-state index contributed by atoms with van der Waals surface area (Å²) in [6.07, 6.45) is 7.57. The molecule has 1 amide bonds. The highest BCUT2D eigenvalue weighted by molar-refractivity contribution is 5.85. The molecule has 102 valence electrons. The van der Waals surface area contributed by atoms with Gasteiger partial charge in [-0.2, -0.15) is 0 Å². The Labute approximate surface area is 108 Å². The molecule has 2 fully saturated rings. The number of hydrogen-bond donors (Lipinski definition) is 2. The monoisotopic (exact) mass is 253 g/mol. The summed E-state index contributed by atoms with van der Waals surface area (Å²) in [5, 5.41) is 12.4. The minimum Gasteiger partial charge on any atom is -0.481 e. The second-order valence-corrected chi connectivity index (χ2v) is 6.29. The number of rotatable bonds is 4. The van der Waals surface area contributed by atoms with E-state index in [2.05, 4.69) is 5.32 Å². The number of carbonyl (C=O) groups is 2. The molecule has 0 aromatic heterocycles. The van der Waals surface area contributed by atoms with E-state index >= 15 is 0 Å². The minimum atomic E-state index is -0.803. The van der Waals surface area contributed by atoms with Crippen molar-refractivity contribution >= 4 is 11.9 Å². The van der Waals surface area contributed by atoms with Crippen molar-refractivity contribution in [2.45, 2.75) is 70.3 Å². The van der Waals surface area contributed by atoms with Crippen LogP contribution in [-0.2, 0) is 9.59 Å². The molecule has 0 spiro atoms. The van der Waals surface area contributed by atoms with E-state index < -0.39 is 11.4 Å². The zero-order valence-electron chi connectivity index (χ0n) is 11.1. The molecule has 0 aliphatic heterocycles. The summed E-state index contributed by atoms with van der Waals surface area (Å²) < 4.78 is 0. The second-order valence-electron chi connectivity index (χ2n) is 6.29. The van der Waals surface area contributed by atoms with Crippen molar-refractivity contribution in [3.8, 4) is 0 Å². The molecule has 0 aromatic rings. The first-order valence-electron chi connectivity index (χ1n) is 7.00. The summed E-state index contributed by atoms with van der Waals surface area (Å²) in [5.74, 6) is -0.877.